The van der Waals surface area contributed by atoms with E-state index in [-0.39, 0.29) is 11.5 Å². The molecule has 0 fully saturated rings. The van der Waals surface area contributed by atoms with Gasteiger partial charge in [0.05, 0.1) is 0 Å². The Hall–Kier alpha value is -2.28. The molecular formula is C17H22N4O2S. The van der Waals surface area contributed by atoms with Gasteiger partial charge in [-0.15, -0.1) is 0 Å². The summed E-state index contributed by atoms with van der Waals surface area (Å²) >= 11 is 1.44. The third-order valence-electron chi connectivity index (χ3n) is 3.41. The van der Waals surface area contributed by atoms with Crippen LogP contribution in [0.2, 0.25) is 0 Å². The number of aryl methyl sites for hydroxylation is 1. The fraction of sp³-hybridized carbons (Fsp3) is 0.353. The first-order chi connectivity index (χ1) is 11.4. The first kappa shape index (κ1) is 18.1. The lowest BCUT2D eigenvalue weighted by molar-refractivity contribution is 0.102. The number of hydrogen-bond donors (Lipinski definition) is 3. The molecule has 2 rings (SSSR count). The van der Waals surface area contributed by atoms with Crippen molar-refractivity contribution in [3.05, 3.63) is 45.7 Å². The van der Waals surface area contributed by atoms with Gasteiger partial charge in [-0.2, -0.15) is 0 Å². The number of rotatable bonds is 6. The first-order valence-corrected chi connectivity index (χ1v) is 8.76. The zero-order valence-electron chi connectivity index (χ0n) is 14.1. The number of benzene rings is 1. The normalized spacial score (nSPS) is 10.8. The molecule has 0 saturated carbocycles. The highest BCUT2D eigenvalue weighted by molar-refractivity contribution is 7.99. The number of amides is 1. The molecule has 0 atom stereocenters. The minimum absolute atomic E-state index is 0.0196. The largest absolute Gasteiger partial charge is 0.382 e. The Balaban J connectivity index is 2.12. The molecule has 0 unspecified atom stereocenters. The average molecular weight is 346 g/mol. The number of nitrogens with zero attached hydrogens (tertiary/aromatic N) is 1. The fourth-order valence-corrected chi connectivity index (χ4v) is 3.05. The molecule has 128 valence electrons. The molecule has 1 aromatic carbocycles. The second kappa shape index (κ2) is 8.01. The summed E-state index contributed by atoms with van der Waals surface area (Å²) in [6, 6.07) is 7.04. The van der Waals surface area contributed by atoms with Crippen molar-refractivity contribution in [2.45, 2.75) is 32.3 Å². The van der Waals surface area contributed by atoms with Crippen LogP contribution >= 0.6 is 11.8 Å². The van der Waals surface area contributed by atoms with Gasteiger partial charge in [0.1, 0.15) is 5.69 Å². The fourth-order valence-electron chi connectivity index (χ4n) is 1.94. The van der Waals surface area contributed by atoms with E-state index in [1.165, 1.54) is 11.8 Å². The van der Waals surface area contributed by atoms with Crippen molar-refractivity contribution >= 4 is 29.2 Å². The molecule has 0 spiro atoms. The van der Waals surface area contributed by atoms with Crippen LogP contribution in [0.4, 0.5) is 11.5 Å². The van der Waals surface area contributed by atoms with E-state index in [0.717, 1.165) is 17.7 Å². The van der Waals surface area contributed by atoms with Crippen LogP contribution in [-0.2, 0) is 0 Å². The van der Waals surface area contributed by atoms with Crippen LogP contribution < -0.4 is 16.6 Å². The second-order valence-corrected chi connectivity index (χ2v) is 7.07. The summed E-state index contributed by atoms with van der Waals surface area (Å²) in [7, 11) is 0. The number of nitrogens with one attached hydrogen (secondary N) is 2. The maximum Gasteiger partial charge on any atom is 0.277 e. The molecule has 4 N–H and O–H groups in total. The van der Waals surface area contributed by atoms with Crippen molar-refractivity contribution in [1.29, 1.82) is 0 Å². The van der Waals surface area contributed by atoms with E-state index >= 15 is 0 Å². The van der Waals surface area contributed by atoms with E-state index in [1.54, 1.807) is 12.1 Å². The minimum Gasteiger partial charge on any atom is -0.382 e. The summed E-state index contributed by atoms with van der Waals surface area (Å²) in [5.74, 6) is 1.05. The molecule has 0 saturated heterocycles. The summed E-state index contributed by atoms with van der Waals surface area (Å²) in [6.45, 7) is 6.20. The Morgan fingerprint density at radius 1 is 1.33 bits per heavy atom. The summed E-state index contributed by atoms with van der Waals surface area (Å²) in [5, 5.41) is 3.00. The number of carbonyl (C=O) groups excluding carboxylic acids is 1. The van der Waals surface area contributed by atoms with E-state index < -0.39 is 11.5 Å². The van der Waals surface area contributed by atoms with Crippen LogP contribution in [0.15, 0.2) is 34.2 Å². The van der Waals surface area contributed by atoms with Gasteiger partial charge in [0.2, 0.25) is 0 Å². The smallest absolute Gasteiger partial charge is 0.277 e. The SMILES string of the molecule is Cc1ccc(C(=O)Nc2c(N)nc(SCCC(C)C)[nH]c2=O)cc1. The van der Waals surface area contributed by atoms with Gasteiger partial charge in [-0.05, 0) is 31.4 Å². The Morgan fingerprint density at radius 3 is 2.58 bits per heavy atom. The van der Waals surface area contributed by atoms with Crippen molar-refractivity contribution in [2.24, 2.45) is 5.92 Å². The maximum atomic E-state index is 12.2. The van der Waals surface area contributed by atoms with E-state index in [2.05, 4.69) is 29.1 Å². The van der Waals surface area contributed by atoms with Crippen molar-refractivity contribution in [2.75, 3.05) is 16.8 Å². The molecule has 1 aromatic heterocycles. The molecular weight excluding hydrogens is 324 g/mol. The van der Waals surface area contributed by atoms with E-state index in [4.69, 9.17) is 5.73 Å². The molecule has 6 nitrogen and oxygen atoms in total. The Kier molecular flexibility index (Phi) is 6.03. The van der Waals surface area contributed by atoms with Crippen molar-refractivity contribution < 1.29 is 4.79 Å². The number of thioether (sulfide) groups is 1. The van der Waals surface area contributed by atoms with E-state index in [0.29, 0.717) is 16.6 Å². The van der Waals surface area contributed by atoms with Gasteiger partial charge in [0.25, 0.3) is 11.5 Å². The van der Waals surface area contributed by atoms with Gasteiger partial charge in [0.15, 0.2) is 11.0 Å². The summed E-state index contributed by atoms with van der Waals surface area (Å²) in [4.78, 5) is 31.2. The molecule has 2 aromatic rings. The highest BCUT2D eigenvalue weighted by Crippen LogP contribution is 2.19. The molecule has 1 heterocycles. The molecule has 7 heteroatoms. The van der Waals surface area contributed by atoms with Gasteiger partial charge >= 0.3 is 0 Å². The molecule has 0 aliphatic heterocycles. The molecule has 1 amide bonds. The highest BCUT2D eigenvalue weighted by Gasteiger charge is 2.14. The standard InChI is InChI=1S/C17H22N4O2S/c1-10(2)8-9-24-17-20-14(18)13(16(23)21-17)19-15(22)12-6-4-11(3)5-7-12/h4-7,10H,8-9H2,1-3H3,(H,19,22)(H3,18,20,21,23). The van der Waals surface area contributed by atoms with Gasteiger partial charge in [-0.25, -0.2) is 4.98 Å². The highest BCUT2D eigenvalue weighted by atomic mass is 32.2. The van der Waals surface area contributed by atoms with Crippen molar-refractivity contribution in [3.8, 4) is 0 Å². The lowest BCUT2D eigenvalue weighted by Crippen LogP contribution is -2.23. The number of H-pyrrole nitrogens is 1. The summed E-state index contributed by atoms with van der Waals surface area (Å²) in [6.07, 6.45) is 1.01. The Morgan fingerprint density at radius 2 is 2.00 bits per heavy atom. The second-order valence-electron chi connectivity index (χ2n) is 5.98. The van der Waals surface area contributed by atoms with Gasteiger partial charge in [-0.3, -0.25) is 14.6 Å². The van der Waals surface area contributed by atoms with Crippen LogP contribution in [-0.4, -0.2) is 21.6 Å². The molecule has 0 radical (unpaired) electrons. The van der Waals surface area contributed by atoms with Crippen molar-refractivity contribution in [3.63, 3.8) is 0 Å². The number of carbonyl (C=O) groups is 1. The zero-order chi connectivity index (χ0) is 17.7. The van der Waals surface area contributed by atoms with Gasteiger partial charge in [0, 0.05) is 11.3 Å². The topological polar surface area (TPSA) is 101 Å². The summed E-state index contributed by atoms with van der Waals surface area (Å²) in [5.41, 5.74) is 6.88. The van der Waals surface area contributed by atoms with Crippen LogP contribution in [0.1, 0.15) is 36.2 Å². The Bertz CT molecular complexity index is 769. The number of aromatic amines is 1. The molecule has 0 aliphatic rings. The summed E-state index contributed by atoms with van der Waals surface area (Å²) < 4.78 is 0. The van der Waals surface area contributed by atoms with E-state index in [1.807, 2.05) is 19.1 Å². The zero-order valence-corrected chi connectivity index (χ0v) is 14.9. The minimum atomic E-state index is -0.449. The quantitative estimate of drug-likeness (QED) is 0.551. The maximum absolute atomic E-state index is 12.2. The lowest BCUT2D eigenvalue weighted by atomic mass is 10.1. The van der Waals surface area contributed by atoms with Gasteiger partial charge < -0.3 is 11.1 Å². The van der Waals surface area contributed by atoms with Crippen LogP contribution in [0.5, 0.6) is 0 Å². The first-order valence-electron chi connectivity index (χ1n) is 7.77. The number of nitrogens with two attached hydrogens (primary N) is 1. The average Bonchev–Trinajstić information content (AvgIpc) is 2.51. The predicted octanol–water partition coefficient (Wildman–Crippen LogP) is 3.05. The number of aromatic nitrogens is 2. The predicted molar refractivity (Wildman–Crippen MR) is 98.6 cm³/mol. The molecule has 0 aliphatic carbocycles. The number of nitrogen functional groups attached to an aromatic ring is 1. The molecule has 24 heavy (non-hydrogen) atoms. The van der Waals surface area contributed by atoms with Crippen LogP contribution in [0.25, 0.3) is 0 Å². The third kappa shape index (κ3) is 4.86. The lowest BCUT2D eigenvalue weighted by Gasteiger charge is -2.09. The van der Waals surface area contributed by atoms with Crippen molar-refractivity contribution in [1.82, 2.24) is 9.97 Å². The Labute approximate surface area is 145 Å². The van der Waals surface area contributed by atoms with Gasteiger partial charge in [-0.1, -0.05) is 43.3 Å². The number of anilines is 2. The third-order valence-corrected chi connectivity index (χ3v) is 4.32. The number of hydrogen-bond acceptors (Lipinski definition) is 5. The molecule has 0 bridgehead atoms. The monoisotopic (exact) mass is 346 g/mol. The van der Waals surface area contributed by atoms with Crippen LogP contribution in [0.3, 0.4) is 0 Å². The van der Waals surface area contributed by atoms with Crippen LogP contribution in [0, 0.1) is 12.8 Å². The van der Waals surface area contributed by atoms with E-state index in [9.17, 15) is 9.59 Å².